The highest BCUT2D eigenvalue weighted by Crippen LogP contribution is 2.40. The lowest BCUT2D eigenvalue weighted by molar-refractivity contribution is -0.129. The third-order valence-electron chi connectivity index (χ3n) is 6.04. The van der Waals surface area contributed by atoms with Crippen molar-refractivity contribution in [1.29, 1.82) is 0 Å². The van der Waals surface area contributed by atoms with Gasteiger partial charge < -0.3 is 9.33 Å². The van der Waals surface area contributed by atoms with Crippen molar-refractivity contribution in [3.05, 3.63) is 83.9 Å². The summed E-state index contributed by atoms with van der Waals surface area (Å²) in [5.74, 6) is 0.0431. The Kier molecular flexibility index (Phi) is 5.92. The first-order valence-electron chi connectivity index (χ1n) is 9.95. The highest BCUT2D eigenvalue weighted by molar-refractivity contribution is 6.74. The van der Waals surface area contributed by atoms with E-state index in [4.69, 9.17) is 4.43 Å². The van der Waals surface area contributed by atoms with Crippen molar-refractivity contribution < 1.29 is 9.22 Å². The lowest BCUT2D eigenvalue weighted by atomic mass is 10.0. The second-order valence-corrected chi connectivity index (χ2v) is 13.8. The van der Waals surface area contributed by atoms with Gasteiger partial charge in [-0.15, -0.1) is 0 Å². The Bertz CT molecular complexity index is 825. The second kappa shape index (κ2) is 8.06. The maximum Gasteiger partial charge on any atom is 0.247 e. The highest BCUT2D eigenvalue weighted by atomic mass is 28.4. The molecular weight excluding hydrogens is 362 g/mol. The first-order valence-corrected chi connectivity index (χ1v) is 12.9. The van der Waals surface area contributed by atoms with Gasteiger partial charge in [0, 0.05) is 6.08 Å². The van der Waals surface area contributed by atoms with Gasteiger partial charge in [-0.2, -0.15) is 0 Å². The van der Waals surface area contributed by atoms with E-state index in [1.807, 2.05) is 47.4 Å². The molecule has 148 valence electrons. The Balaban J connectivity index is 1.93. The van der Waals surface area contributed by atoms with Gasteiger partial charge in [-0.1, -0.05) is 87.5 Å². The fourth-order valence-electron chi connectivity index (χ4n) is 3.27. The molecule has 0 saturated carbocycles. The third-order valence-corrected chi connectivity index (χ3v) is 10.5. The van der Waals surface area contributed by atoms with Crippen molar-refractivity contribution >= 4 is 14.2 Å². The molecule has 2 atom stereocenters. The van der Waals surface area contributed by atoms with Gasteiger partial charge in [0.1, 0.15) is 0 Å². The summed E-state index contributed by atoms with van der Waals surface area (Å²) < 4.78 is 6.57. The number of rotatable bonds is 6. The predicted octanol–water partition coefficient (Wildman–Crippen LogP) is 5.89. The quantitative estimate of drug-likeness (QED) is 0.573. The molecule has 0 N–H and O–H groups in total. The minimum atomic E-state index is -1.93. The van der Waals surface area contributed by atoms with E-state index in [0.717, 1.165) is 11.1 Å². The molecule has 0 radical (unpaired) electrons. The summed E-state index contributed by atoms with van der Waals surface area (Å²) in [5.41, 5.74) is 2.23. The lowest BCUT2D eigenvalue weighted by Gasteiger charge is -2.40. The first kappa shape index (κ1) is 20.6. The molecule has 4 heteroatoms. The van der Waals surface area contributed by atoms with Crippen molar-refractivity contribution in [2.75, 3.05) is 6.61 Å². The van der Waals surface area contributed by atoms with Crippen LogP contribution in [-0.2, 0) is 9.22 Å². The molecule has 2 aromatic carbocycles. The fourth-order valence-corrected chi connectivity index (χ4v) is 4.28. The van der Waals surface area contributed by atoms with E-state index in [2.05, 4.69) is 58.1 Å². The number of amides is 1. The SMILES string of the molecule is CC(C)(C)[Si](C)(C)OC[C@@H](c1ccccc1)N1C(=O)C=C[C@H]1c1ccccc1. The molecule has 3 nitrogen and oxygen atoms in total. The van der Waals surface area contributed by atoms with Gasteiger partial charge in [0.2, 0.25) is 5.91 Å². The summed E-state index contributed by atoms with van der Waals surface area (Å²) in [6.07, 6.45) is 3.69. The molecule has 1 aliphatic rings. The molecule has 0 saturated heterocycles. The largest absolute Gasteiger partial charge is 0.414 e. The van der Waals surface area contributed by atoms with Crippen LogP contribution in [0.15, 0.2) is 72.8 Å². The van der Waals surface area contributed by atoms with Gasteiger partial charge in [0.15, 0.2) is 8.32 Å². The molecule has 1 amide bonds. The maximum absolute atomic E-state index is 12.9. The minimum absolute atomic E-state index is 0.0431. The smallest absolute Gasteiger partial charge is 0.247 e. The summed E-state index contributed by atoms with van der Waals surface area (Å²) in [6.45, 7) is 11.8. The number of carbonyl (C=O) groups excluding carboxylic acids is 1. The average molecular weight is 394 g/mol. The number of carbonyl (C=O) groups is 1. The Labute approximate surface area is 170 Å². The van der Waals surface area contributed by atoms with E-state index in [9.17, 15) is 4.79 Å². The van der Waals surface area contributed by atoms with Crippen LogP contribution in [0.4, 0.5) is 0 Å². The van der Waals surface area contributed by atoms with Crippen LogP contribution in [-0.4, -0.2) is 25.7 Å². The van der Waals surface area contributed by atoms with Crippen molar-refractivity contribution in [3.63, 3.8) is 0 Å². The summed E-state index contributed by atoms with van der Waals surface area (Å²) >= 11 is 0. The number of hydrogen-bond donors (Lipinski definition) is 0. The predicted molar refractivity (Wildman–Crippen MR) is 118 cm³/mol. The molecule has 2 aromatic rings. The second-order valence-electron chi connectivity index (χ2n) is 8.96. The van der Waals surface area contributed by atoms with Gasteiger partial charge >= 0.3 is 0 Å². The molecule has 3 rings (SSSR count). The Hall–Kier alpha value is -2.17. The summed E-state index contributed by atoms with van der Waals surface area (Å²) in [4.78, 5) is 14.9. The molecular formula is C24H31NO2Si. The van der Waals surface area contributed by atoms with Crippen molar-refractivity contribution in [2.24, 2.45) is 0 Å². The van der Waals surface area contributed by atoms with Gasteiger partial charge in [0.05, 0.1) is 18.7 Å². The van der Waals surface area contributed by atoms with E-state index in [0.29, 0.717) is 6.61 Å². The molecule has 28 heavy (non-hydrogen) atoms. The summed E-state index contributed by atoms with van der Waals surface area (Å²) in [7, 11) is -1.93. The first-order chi connectivity index (χ1) is 13.2. The average Bonchev–Trinajstić information content (AvgIpc) is 3.04. The van der Waals surface area contributed by atoms with Crippen LogP contribution in [0.5, 0.6) is 0 Å². The summed E-state index contributed by atoms with van der Waals surface area (Å²) in [5, 5.41) is 0.125. The van der Waals surface area contributed by atoms with Crippen LogP contribution in [0.3, 0.4) is 0 Å². The Morgan fingerprint density at radius 2 is 1.57 bits per heavy atom. The van der Waals surface area contributed by atoms with Crippen LogP contribution in [0, 0.1) is 0 Å². The van der Waals surface area contributed by atoms with Crippen LogP contribution < -0.4 is 0 Å². The van der Waals surface area contributed by atoms with Gasteiger partial charge in [-0.3, -0.25) is 4.79 Å². The van der Waals surface area contributed by atoms with Crippen LogP contribution in [0.1, 0.15) is 44.0 Å². The zero-order valence-corrected chi connectivity index (χ0v) is 18.6. The highest BCUT2D eigenvalue weighted by Gasteiger charge is 2.40. The minimum Gasteiger partial charge on any atom is -0.414 e. The number of nitrogens with zero attached hydrogens (tertiary/aromatic N) is 1. The molecule has 0 spiro atoms. The van der Waals surface area contributed by atoms with Crippen LogP contribution >= 0.6 is 0 Å². The Morgan fingerprint density at radius 1 is 1.00 bits per heavy atom. The van der Waals surface area contributed by atoms with E-state index in [1.54, 1.807) is 6.08 Å². The van der Waals surface area contributed by atoms with Gasteiger partial charge in [-0.25, -0.2) is 0 Å². The summed E-state index contributed by atoms with van der Waals surface area (Å²) in [6, 6.07) is 20.3. The molecule has 1 heterocycles. The lowest BCUT2D eigenvalue weighted by Crippen LogP contribution is -2.44. The number of hydrogen-bond acceptors (Lipinski definition) is 2. The van der Waals surface area contributed by atoms with Crippen molar-refractivity contribution in [1.82, 2.24) is 4.90 Å². The van der Waals surface area contributed by atoms with Crippen LogP contribution in [0.2, 0.25) is 18.1 Å². The van der Waals surface area contributed by atoms with Crippen molar-refractivity contribution in [2.45, 2.75) is 51.0 Å². The van der Waals surface area contributed by atoms with Crippen molar-refractivity contribution in [3.8, 4) is 0 Å². The topological polar surface area (TPSA) is 29.5 Å². The molecule has 0 aliphatic carbocycles. The standard InChI is InChI=1S/C24H31NO2Si/c1-24(2,3)28(4,5)27-18-22(20-14-10-7-11-15-20)25-21(16-17-23(25)26)19-12-8-6-9-13-19/h6-17,21-22H,18H2,1-5H3/t21-,22-/m0/s1. The third kappa shape index (κ3) is 4.29. The molecule has 0 aromatic heterocycles. The van der Waals surface area contributed by atoms with Gasteiger partial charge in [0.25, 0.3) is 0 Å². The van der Waals surface area contributed by atoms with E-state index >= 15 is 0 Å². The van der Waals surface area contributed by atoms with Gasteiger partial charge in [-0.05, 0) is 29.3 Å². The molecule has 1 aliphatic heterocycles. The molecule has 0 fully saturated rings. The molecule has 0 unspecified atom stereocenters. The van der Waals surface area contributed by atoms with E-state index in [1.165, 1.54) is 0 Å². The zero-order chi connectivity index (χ0) is 20.4. The maximum atomic E-state index is 12.9. The van der Waals surface area contributed by atoms with E-state index in [-0.39, 0.29) is 23.0 Å². The van der Waals surface area contributed by atoms with Crippen LogP contribution in [0.25, 0.3) is 0 Å². The monoisotopic (exact) mass is 393 g/mol. The fraction of sp³-hybridized carbons (Fsp3) is 0.375. The normalized spacial score (nSPS) is 18.5. The van der Waals surface area contributed by atoms with E-state index < -0.39 is 8.32 Å². The Morgan fingerprint density at radius 3 is 2.14 bits per heavy atom. The number of benzene rings is 2. The zero-order valence-electron chi connectivity index (χ0n) is 17.6. The molecule has 0 bridgehead atoms.